The Labute approximate surface area is 230 Å². The van der Waals surface area contributed by atoms with E-state index in [0.29, 0.717) is 30.2 Å². The Balaban J connectivity index is 1.57. The molecule has 0 aliphatic rings. The van der Waals surface area contributed by atoms with Crippen molar-refractivity contribution < 1.29 is 19.4 Å². The highest BCUT2D eigenvalue weighted by Crippen LogP contribution is 2.35. The lowest BCUT2D eigenvalue weighted by Crippen LogP contribution is -2.28. The van der Waals surface area contributed by atoms with Gasteiger partial charge in [-0.15, -0.1) is 11.3 Å². The van der Waals surface area contributed by atoms with Gasteiger partial charge in [-0.25, -0.2) is 4.98 Å². The normalized spacial score (nSPS) is 11.6. The van der Waals surface area contributed by atoms with E-state index in [0.717, 1.165) is 32.7 Å². The molecule has 8 heteroatoms. The first-order valence-corrected chi connectivity index (χ1v) is 13.5. The summed E-state index contributed by atoms with van der Waals surface area (Å²) >= 11 is 1.58. The number of carboxylic acids is 1. The second-order valence-corrected chi connectivity index (χ2v) is 11.0. The number of carbonyl (C=O) groups is 2. The molecule has 5 rings (SSSR count). The number of hydrogen-bond donors (Lipinski definition) is 1. The van der Waals surface area contributed by atoms with E-state index in [4.69, 9.17) is 4.74 Å². The summed E-state index contributed by atoms with van der Waals surface area (Å²) in [7, 11) is 0. The van der Waals surface area contributed by atoms with Crippen LogP contribution in [0.4, 0.5) is 0 Å². The van der Waals surface area contributed by atoms with Crippen molar-refractivity contribution in [2.45, 2.75) is 40.3 Å². The molecule has 7 nitrogen and oxygen atoms in total. The second kappa shape index (κ2) is 10.8. The van der Waals surface area contributed by atoms with Gasteiger partial charge in [-0.1, -0.05) is 30.3 Å². The van der Waals surface area contributed by atoms with Crippen LogP contribution in [0, 0.1) is 5.41 Å². The van der Waals surface area contributed by atoms with Crippen molar-refractivity contribution in [3.05, 3.63) is 101 Å². The van der Waals surface area contributed by atoms with Gasteiger partial charge in [0.05, 0.1) is 11.1 Å². The fourth-order valence-electron chi connectivity index (χ4n) is 4.67. The van der Waals surface area contributed by atoms with Crippen molar-refractivity contribution in [2.75, 3.05) is 0 Å². The summed E-state index contributed by atoms with van der Waals surface area (Å²) in [4.78, 5) is 33.8. The number of carbonyl (C=O) groups excluding carboxylic acids is 1. The summed E-state index contributed by atoms with van der Waals surface area (Å²) in [6.45, 7) is 5.69. The molecule has 0 unspecified atom stereocenters. The highest BCUT2D eigenvalue weighted by Gasteiger charge is 2.32. The van der Waals surface area contributed by atoms with Gasteiger partial charge in [0.25, 0.3) is 0 Å². The number of thiazole rings is 1. The van der Waals surface area contributed by atoms with E-state index in [2.05, 4.69) is 14.5 Å². The number of aromatic nitrogens is 3. The number of Topliss-reactive ketones (excluding diaryl/α,β-unsaturated/α-hetero) is 1. The molecule has 0 radical (unpaired) electrons. The van der Waals surface area contributed by atoms with Crippen LogP contribution in [0.3, 0.4) is 0 Å². The lowest BCUT2D eigenvalue weighted by molar-refractivity contribution is -0.146. The minimum absolute atomic E-state index is 0.115. The molecular formula is C31H29N3O4S. The largest absolute Gasteiger partial charge is 0.487 e. The van der Waals surface area contributed by atoms with Crippen LogP contribution in [0.1, 0.15) is 48.1 Å². The van der Waals surface area contributed by atoms with Crippen LogP contribution < -0.4 is 4.74 Å². The number of pyridine rings is 1. The number of nitrogens with zero attached hydrogens (tertiary/aromatic N) is 3. The molecule has 2 aromatic carbocycles. The van der Waals surface area contributed by atoms with Gasteiger partial charge in [0.2, 0.25) is 0 Å². The van der Waals surface area contributed by atoms with Crippen LogP contribution in [-0.2, 0) is 24.4 Å². The van der Waals surface area contributed by atoms with Crippen LogP contribution in [0.15, 0.2) is 78.4 Å². The molecule has 1 N–H and O–H groups in total. The number of ketones is 1. The Morgan fingerprint density at radius 2 is 1.82 bits per heavy atom. The zero-order valence-corrected chi connectivity index (χ0v) is 22.9. The lowest BCUT2D eigenvalue weighted by atomic mass is 9.86. The number of carboxylic acid groups (broad SMARTS) is 1. The summed E-state index contributed by atoms with van der Waals surface area (Å²) in [6.07, 6.45) is 3.71. The van der Waals surface area contributed by atoms with E-state index in [1.807, 2.05) is 66.0 Å². The molecule has 3 aromatic heterocycles. The summed E-state index contributed by atoms with van der Waals surface area (Å²) < 4.78 is 8.08. The maximum atomic E-state index is 13.1. The van der Waals surface area contributed by atoms with E-state index in [9.17, 15) is 14.7 Å². The SMILES string of the molecule is CC(=O)c1c(CC(C)(C)C(=O)O)n(Cc2ccc(-c3nccs3)cc2)c2ccc(OCc3ccccn3)cc12. The van der Waals surface area contributed by atoms with Crippen molar-refractivity contribution in [2.24, 2.45) is 5.41 Å². The fourth-order valence-corrected chi connectivity index (χ4v) is 5.31. The molecule has 0 aliphatic carbocycles. The molecule has 0 fully saturated rings. The molecular weight excluding hydrogens is 510 g/mol. The molecule has 5 aromatic rings. The van der Waals surface area contributed by atoms with Crippen LogP contribution in [0.5, 0.6) is 5.75 Å². The van der Waals surface area contributed by atoms with Crippen LogP contribution in [0.25, 0.3) is 21.5 Å². The Hall–Kier alpha value is -4.30. The molecule has 0 aliphatic heterocycles. The quantitative estimate of drug-likeness (QED) is 0.200. The van der Waals surface area contributed by atoms with Crippen molar-refractivity contribution in [3.8, 4) is 16.3 Å². The standard InChI is InChI=1S/C31H29N3O4S/c1-20(35)28-25-16-24(38-19-23-6-4-5-13-32-23)11-12-26(25)34(27(28)17-31(2,3)30(36)37)18-21-7-9-22(10-8-21)29-33-14-15-39-29/h4-16H,17-19H2,1-3H3,(H,36,37). The lowest BCUT2D eigenvalue weighted by Gasteiger charge is -2.22. The summed E-state index contributed by atoms with van der Waals surface area (Å²) in [5.41, 5.74) is 3.89. The third-order valence-corrected chi connectivity index (χ3v) is 7.59. The molecule has 0 saturated heterocycles. The third-order valence-electron chi connectivity index (χ3n) is 6.77. The summed E-state index contributed by atoms with van der Waals surface area (Å²) in [5.74, 6) is -0.415. The van der Waals surface area contributed by atoms with Gasteiger partial charge >= 0.3 is 5.97 Å². The molecule has 0 bridgehead atoms. The molecule has 39 heavy (non-hydrogen) atoms. The highest BCUT2D eigenvalue weighted by molar-refractivity contribution is 7.13. The van der Waals surface area contributed by atoms with Crippen LogP contribution >= 0.6 is 11.3 Å². The fraction of sp³-hybridized carbons (Fsp3) is 0.226. The number of fused-ring (bicyclic) bond motifs is 1. The maximum Gasteiger partial charge on any atom is 0.309 e. The number of rotatable bonds is 10. The second-order valence-electron chi connectivity index (χ2n) is 10.2. The summed E-state index contributed by atoms with van der Waals surface area (Å²) in [6, 6.07) is 19.5. The van der Waals surface area contributed by atoms with Gasteiger partial charge < -0.3 is 14.4 Å². The zero-order chi connectivity index (χ0) is 27.6. The Morgan fingerprint density at radius 1 is 1.03 bits per heavy atom. The first kappa shape index (κ1) is 26.3. The number of ether oxygens (including phenoxy) is 1. The first-order valence-electron chi connectivity index (χ1n) is 12.6. The monoisotopic (exact) mass is 539 g/mol. The van der Waals surface area contributed by atoms with E-state index < -0.39 is 11.4 Å². The number of aliphatic carboxylic acids is 1. The van der Waals surface area contributed by atoms with Gasteiger partial charge in [0.1, 0.15) is 17.4 Å². The van der Waals surface area contributed by atoms with Crippen molar-refractivity contribution >= 4 is 34.0 Å². The van der Waals surface area contributed by atoms with E-state index in [1.54, 1.807) is 37.6 Å². The van der Waals surface area contributed by atoms with Gasteiger partial charge in [-0.2, -0.15) is 0 Å². The van der Waals surface area contributed by atoms with Crippen molar-refractivity contribution in [1.29, 1.82) is 0 Å². The molecule has 198 valence electrons. The first-order chi connectivity index (χ1) is 18.7. The van der Waals surface area contributed by atoms with E-state index >= 15 is 0 Å². The predicted octanol–water partition coefficient (Wildman–Crippen LogP) is 6.64. The Kier molecular flexibility index (Phi) is 7.30. The van der Waals surface area contributed by atoms with Gasteiger partial charge in [-0.3, -0.25) is 14.6 Å². The van der Waals surface area contributed by atoms with E-state index in [-0.39, 0.29) is 12.2 Å². The van der Waals surface area contributed by atoms with Gasteiger partial charge in [0.15, 0.2) is 5.78 Å². The highest BCUT2D eigenvalue weighted by atomic mass is 32.1. The van der Waals surface area contributed by atoms with Gasteiger partial charge in [-0.05, 0) is 56.7 Å². The van der Waals surface area contributed by atoms with Crippen LogP contribution in [0.2, 0.25) is 0 Å². The number of benzene rings is 2. The predicted molar refractivity (Wildman–Crippen MR) is 152 cm³/mol. The van der Waals surface area contributed by atoms with Gasteiger partial charge in [0, 0.05) is 58.5 Å². The molecule has 0 atom stereocenters. The maximum absolute atomic E-state index is 13.1. The average molecular weight is 540 g/mol. The van der Waals surface area contributed by atoms with Crippen molar-refractivity contribution in [3.63, 3.8) is 0 Å². The smallest absolute Gasteiger partial charge is 0.309 e. The Morgan fingerprint density at radius 3 is 2.46 bits per heavy atom. The third kappa shape index (κ3) is 5.61. The van der Waals surface area contributed by atoms with Crippen molar-refractivity contribution in [1.82, 2.24) is 14.5 Å². The molecule has 0 spiro atoms. The molecule has 0 amide bonds. The topological polar surface area (TPSA) is 94.3 Å². The number of hydrogen-bond acceptors (Lipinski definition) is 6. The summed E-state index contributed by atoms with van der Waals surface area (Å²) in [5, 5.41) is 13.6. The van der Waals surface area contributed by atoms with E-state index in [1.165, 1.54) is 6.92 Å². The van der Waals surface area contributed by atoms with Crippen LogP contribution in [-0.4, -0.2) is 31.4 Å². The average Bonchev–Trinajstić information content (AvgIpc) is 3.55. The minimum atomic E-state index is -1.07. The molecule has 3 heterocycles. The minimum Gasteiger partial charge on any atom is -0.487 e. The molecule has 0 saturated carbocycles. The zero-order valence-electron chi connectivity index (χ0n) is 22.0. The Bertz CT molecular complexity index is 1620.